The Kier molecular flexibility index (Phi) is 5.47. The van der Waals surface area contributed by atoms with Crippen LogP contribution in [0, 0.1) is 17.8 Å². The molecule has 0 radical (unpaired) electrons. The molecule has 4 aliphatic carbocycles. The first-order chi connectivity index (χ1) is 17.3. The van der Waals surface area contributed by atoms with E-state index < -0.39 is 12.0 Å². The number of nitrogens with one attached hydrogen (secondary N) is 1. The Morgan fingerprint density at radius 2 is 1.50 bits per heavy atom. The third-order valence-corrected chi connectivity index (χ3v) is 9.30. The molecule has 4 saturated carbocycles. The lowest BCUT2D eigenvalue weighted by Crippen LogP contribution is -2.66. The highest BCUT2D eigenvalue weighted by molar-refractivity contribution is 6.06. The van der Waals surface area contributed by atoms with Crippen molar-refractivity contribution in [3.63, 3.8) is 0 Å². The highest BCUT2D eigenvalue weighted by atomic mass is 16.2. The first-order valence-corrected chi connectivity index (χ1v) is 13.4. The minimum Gasteiger partial charge on any atom is -0.325 e. The van der Waals surface area contributed by atoms with Crippen molar-refractivity contribution >= 4 is 23.4 Å². The third kappa shape index (κ3) is 3.56. The van der Waals surface area contributed by atoms with Crippen LogP contribution in [0.15, 0.2) is 48.5 Å². The summed E-state index contributed by atoms with van der Waals surface area (Å²) in [6.07, 6.45) is 6.78. The average Bonchev–Trinajstić information content (AvgIpc) is 2.92. The predicted molar refractivity (Wildman–Crippen MR) is 139 cm³/mol. The summed E-state index contributed by atoms with van der Waals surface area (Å²) >= 11 is 0. The summed E-state index contributed by atoms with van der Waals surface area (Å²) in [6.45, 7) is 5.29. The maximum absolute atomic E-state index is 13.8. The minimum atomic E-state index is -0.667. The Hall–Kier alpha value is -3.15. The first kappa shape index (κ1) is 23.3. The van der Waals surface area contributed by atoms with Gasteiger partial charge in [-0.25, -0.2) is 5.01 Å². The number of benzene rings is 2. The van der Waals surface area contributed by atoms with Gasteiger partial charge in [0.15, 0.2) is 0 Å². The van der Waals surface area contributed by atoms with Crippen molar-refractivity contribution in [3.05, 3.63) is 54.1 Å². The van der Waals surface area contributed by atoms with E-state index in [1.165, 1.54) is 24.3 Å². The zero-order chi connectivity index (χ0) is 25.2. The number of hydrogen-bond acceptors (Lipinski definition) is 3. The number of hydrazine groups is 1. The minimum absolute atomic E-state index is 0.0528. The molecular weight excluding hydrogens is 450 g/mol. The van der Waals surface area contributed by atoms with Gasteiger partial charge in [-0.1, -0.05) is 42.5 Å². The van der Waals surface area contributed by atoms with Crippen molar-refractivity contribution in [1.82, 2.24) is 10.3 Å². The van der Waals surface area contributed by atoms with Crippen molar-refractivity contribution in [3.8, 4) is 11.1 Å². The van der Waals surface area contributed by atoms with E-state index in [-0.39, 0.29) is 23.3 Å². The van der Waals surface area contributed by atoms with Crippen LogP contribution in [-0.4, -0.2) is 34.2 Å². The number of hydrogen-bond donors (Lipinski definition) is 1. The number of amides is 3. The van der Waals surface area contributed by atoms with Crippen LogP contribution in [-0.2, 0) is 14.4 Å². The molecule has 1 unspecified atom stereocenters. The van der Waals surface area contributed by atoms with E-state index in [0.29, 0.717) is 23.4 Å². The van der Waals surface area contributed by atoms with Crippen molar-refractivity contribution in [2.24, 2.45) is 17.8 Å². The molecule has 1 N–H and O–H groups in total. The summed E-state index contributed by atoms with van der Waals surface area (Å²) in [4.78, 5) is 42.4. The molecule has 2 aromatic rings. The van der Waals surface area contributed by atoms with Gasteiger partial charge in [0.1, 0.15) is 6.04 Å². The molecule has 1 aliphatic heterocycles. The van der Waals surface area contributed by atoms with Gasteiger partial charge in [-0.15, -0.1) is 0 Å². The van der Waals surface area contributed by atoms with Crippen LogP contribution in [0.4, 0.5) is 5.69 Å². The van der Waals surface area contributed by atoms with E-state index in [4.69, 9.17) is 0 Å². The van der Waals surface area contributed by atoms with Crippen LogP contribution in [0.3, 0.4) is 0 Å². The maximum Gasteiger partial charge on any atom is 0.261 e. The lowest BCUT2D eigenvalue weighted by atomic mass is 9.52. The quantitative estimate of drug-likeness (QED) is 0.660. The van der Waals surface area contributed by atoms with Crippen molar-refractivity contribution < 1.29 is 14.4 Å². The monoisotopic (exact) mass is 485 g/mol. The van der Waals surface area contributed by atoms with Crippen LogP contribution in [0.2, 0.25) is 0 Å². The summed E-state index contributed by atoms with van der Waals surface area (Å²) in [6, 6.07) is 14.9. The fraction of sp³-hybridized carbons (Fsp3) is 0.500. The number of anilines is 1. The number of fused-ring (bicyclic) bond motifs is 3. The van der Waals surface area contributed by atoms with Crippen molar-refractivity contribution in [2.75, 3.05) is 5.01 Å². The molecule has 5 aliphatic rings. The molecule has 4 bridgehead atoms. The Bertz CT molecular complexity index is 1200. The normalized spacial score (nSPS) is 30.8. The number of para-hydroxylation sites is 1. The average molecular weight is 486 g/mol. The van der Waals surface area contributed by atoms with Gasteiger partial charge in [-0.3, -0.25) is 19.8 Å². The van der Waals surface area contributed by atoms with Crippen LogP contribution in [0.25, 0.3) is 11.1 Å². The molecule has 6 nitrogen and oxygen atoms in total. The lowest BCUT2D eigenvalue weighted by Gasteiger charge is -2.61. The standard InChI is InChI=1S/C30H35N3O3/c1-18-24-8-4-5-9-25(24)26-10-6-7-11-27(26)33(29(18)36)31-28(35)19(2)32(20(3)34)30-15-21-12-22(16-30)14-23(13-21)17-30/h4-11,18-19,21-23H,12-17H2,1-3H3,(H,31,35)/t18?,19-,21?,22?,23?,30?/m0/s1. The number of carbonyl (C=O) groups excluding carboxylic acids is 3. The summed E-state index contributed by atoms with van der Waals surface area (Å²) < 4.78 is 0. The highest BCUT2D eigenvalue weighted by Gasteiger charge is 2.56. The zero-order valence-electron chi connectivity index (χ0n) is 21.4. The van der Waals surface area contributed by atoms with E-state index >= 15 is 0 Å². The van der Waals surface area contributed by atoms with Crippen molar-refractivity contribution in [2.45, 2.75) is 76.8 Å². The van der Waals surface area contributed by atoms with Crippen LogP contribution >= 0.6 is 0 Å². The van der Waals surface area contributed by atoms with Gasteiger partial charge in [0.25, 0.3) is 11.8 Å². The second kappa shape index (κ2) is 8.46. The van der Waals surface area contributed by atoms with E-state index in [1.807, 2.05) is 67.3 Å². The number of carbonyl (C=O) groups is 3. The van der Waals surface area contributed by atoms with Crippen LogP contribution in [0.1, 0.15) is 70.8 Å². The number of nitrogens with zero attached hydrogens (tertiary/aromatic N) is 2. The molecule has 0 saturated heterocycles. The third-order valence-electron chi connectivity index (χ3n) is 9.30. The van der Waals surface area contributed by atoms with E-state index in [9.17, 15) is 14.4 Å². The molecule has 0 spiro atoms. The van der Waals surface area contributed by atoms with Crippen molar-refractivity contribution in [1.29, 1.82) is 0 Å². The lowest BCUT2D eigenvalue weighted by molar-refractivity contribution is -0.159. The van der Waals surface area contributed by atoms with Gasteiger partial charge < -0.3 is 4.90 Å². The molecule has 2 aromatic carbocycles. The summed E-state index contributed by atoms with van der Waals surface area (Å²) in [5.41, 5.74) is 6.22. The summed E-state index contributed by atoms with van der Waals surface area (Å²) in [5.74, 6) is 1.00. The summed E-state index contributed by atoms with van der Waals surface area (Å²) in [7, 11) is 0. The highest BCUT2D eigenvalue weighted by Crippen LogP contribution is 2.58. The summed E-state index contributed by atoms with van der Waals surface area (Å²) in [5, 5.41) is 1.41. The predicted octanol–water partition coefficient (Wildman–Crippen LogP) is 5.04. The van der Waals surface area contributed by atoms with Gasteiger partial charge >= 0.3 is 0 Å². The van der Waals surface area contributed by atoms with Crippen LogP contribution in [0.5, 0.6) is 0 Å². The molecular formula is C30H35N3O3. The molecule has 0 aromatic heterocycles. The van der Waals surface area contributed by atoms with E-state index in [2.05, 4.69) is 5.43 Å². The fourth-order valence-corrected chi connectivity index (χ4v) is 8.28. The SMILES string of the molecule is CC(=O)N([C@@H](C)C(=O)NN1C(=O)C(C)c2ccccc2-c2ccccc21)C12CC3CC(CC(C3)C1)C2. The van der Waals surface area contributed by atoms with E-state index in [1.54, 1.807) is 6.92 Å². The van der Waals surface area contributed by atoms with Gasteiger partial charge in [-0.05, 0) is 87.3 Å². The topological polar surface area (TPSA) is 69.7 Å². The molecule has 4 fully saturated rings. The molecule has 36 heavy (non-hydrogen) atoms. The zero-order valence-corrected chi connectivity index (χ0v) is 21.4. The largest absolute Gasteiger partial charge is 0.325 e. The smallest absolute Gasteiger partial charge is 0.261 e. The second-order valence-corrected chi connectivity index (χ2v) is 11.7. The Morgan fingerprint density at radius 1 is 0.944 bits per heavy atom. The Balaban J connectivity index is 1.32. The van der Waals surface area contributed by atoms with Gasteiger partial charge in [0, 0.05) is 18.0 Å². The maximum atomic E-state index is 13.8. The fourth-order valence-electron chi connectivity index (χ4n) is 8.28. The molecule has 7 rings (SSSR count). The Labute approximate surface area is 213 Å². The van der Waals surface area contributed by atoms with Gasteiger partial charge in [0.2, 0.25) is 5.91 Å². The van der Waals surface area contributed by atoms with Gasteiger partial charge in [0.05, 0.1) is 11.6 Å². The molecule has 188 valence electrons. The molecule has 1 heterocycles. The second-order valence-electron chi connectivity index (χ2n) is 11.7. The molecule has 3 amide bonds. The molecule has 2 atom stereocenters. The molecule has 6 heteroatoms. The van der Waals surface area contributed by atoms with E-state index in [0.717, 1.165) is 36.0 Å². The van der Waals surface area contributed by atoms with Gasteiger partial charge in [-0.2, -0.15) is 0 Å². The first-order valence-electron chi connectivity index (χ1n) is 13.4. The number of rotatable bonds is 4. The van der Waals surface area contributed by atoms with Crippen LogP contribution < -0.4 is 10.4 Å². The Morgan fingerprint density at radius 3 is 2.11 bits per heavy atom.